The summed E-state index contributed by atoms with van der Waals surface area (Å²) in [5, 5.41) is 0. The lowest BCUT2D eigenvalue weighted by Crippen LogP contribution is -2.11. The minimum Gasteiger partial charge on any atom is -0.370 e. The molecular formula is C11H12FN3OS. The number of rotatable bonds is 4. The summed E-state index contributed by atoms with van der Waals surface area (Å²) in [5.74, 6) is -0.676. The van der Waals surface area contributed by atoms with Crippen molar-refractivity contribution in [3.8, 4) is 0 Å². The number of para-hydroxylation sites is 1. The van der Waals surface area contributed by atoms with Gasteiger partial charge in [0.25, 0.3) is 0 Å². The quantitative estimate of drug-likeness (QED) is 0.820. The van der Waals surface area contributed by atoms with Gasteiger partial charge in [-0.15, -0.1) is 0 Å². The number of fused-ring (bicyclic) bond motifs is 1. The number of hydrogen-bond acceptors (Lipinski definition) is 2. The molecule has 17 heavy (non-hydrogen) atoms. The third kappa shape index (κ3) is 2.36. The fourth-order valence-electron chi connectivity index (χ4n) is 1.78. The Kier molecular flexibility index (Phi) is 3.23. The predicted octanol–water partition coefficient (Wildman–Crippen LogP) is 2.10. The minimum atomic E-state index is -0.345. The topological polar surface area (TPSA) is 63.8 Å². The van der Waals surface area contributed by atoms with Crippen LogP contribution in [0.1, 0.15) is 12.8 Å². The first-order chi connectivity index (χ1) is 8.09. The number of nitrogens with zero attached hydrogens (tertiary/aromatic N) is 1. The third-order valence-corrected chi connectivity index (χ3v) is 2.89. The number of nitrogens with one attached hydrogen (secondary N) is 1. The second-order valence-electron chi connectivity index (χ2n) is 3.79. The van der Waals surface area contributed by atoms with E-state index in [9.17, 15) is 9.18 Å². The van der Waals surface area contributed by atoms with Gasteiger partial charge in [-0.1, -0.05) is 6.07 Å². The van der Waals surface area contributed by atoms with Gasteiger partial charge in [0.2, 0.25) is 5.91 Å². The number of halogens is 1. The van der Waals surface area contributed by atoms with Gasteiger partial charge in [-0.05, 0) is 30.8 Å². The zero-order valence-corrected chi connectivity index (χ0v) is 9.89. The zero-order valence-electron chi connectivity index (χ0n) is 9.07. The first-order valence-electron chi connectivity index (χ1n) is 5.25. The molecule has 2 aromatic rings. The predicted molar refractivity (Wildman–Crippen MR) is 65.5 cm³/mol. The molecule has 0 atom stereocenters. The maximum absolute atomic E-state index is 13.5. The Morgan fingerprint density at radius 2 is 2.29 bits per heavy atom. The fourth-order valence-corrected chi connectivity index (χ4v) is 2.07. The van der Waals surface area contributed by atoms with Crippen LogP contribution in [0.2, 0.25) is 0 Å². The summed E-state index contributed by atoms with van der Waals surface area (Å²) in [4.78, 5) is 13.5. The number of carbonyl (C=O) groups is 1. The van der Waals surface area contributed by atoms with Gasteiger partial charge < -0.3 is 15.3 Å². The van der Waals surface area contributed by atoms with Crippen molar-refractivity contribution in [2.24, 2.45) is 5.73 Å². The van der Waals surface area contributed by atoms with Gasteiger partial charge in [0.15, 0.2) is 4.77 Å². The standard InChI is InChI=1S/C11H12FN3OS/c12-7-3-1-4-8-10(7)14-11(17)15(8)6-2-5-9(13)16/h1,3-4H,2,5-6H2,(H2,13,16)(H,14,17). The molecule has 0 aliphatic rings. The molecule has 1 aromatic heterocycles. The van der Waals surface area contributed by atoms with Crippen LogP contribution in [-0.2, 0) is 11.3 Å². The number of primary amides is 1. The Labute approximate surface area is 102 Å². The van der Waals surface area contributed by atoms with Gasteiger partial charge in [0.05, 0.1) is 5.52 Å². The van der Waals surface area contributed by atoms with E-state index in [4.69, 9.17) is 18.0 Å². The summed E-state index contributed by atoms with van der Waals surface area (Å²) in [6, 6.07) is 4.79. The number of hydrogen-bond donors (Lipinski definition) is 2. The largest absolute Gasteiger partial charge is 0.370 e. The molecule has 6 heteroatoms. The maximum atomic E-state index is 13.5. The van der Waals surface area contributed by atoms with Crippen LogP contribution in [0.4, 0.5) is 4.39 Å². The van der Waals surface area contributed by atoms with Crippen molar-refractivity contribution < 1.29 is 9.18 Å². The number of aromatic nitrogens is 2. The molecule has 1 heterocycles. The number of aromatic amines is 1. The number of imidazole rings is 1. The Morgan fingerprint density at radius 1 is 1.53 bits per heavy atom. The highest BCUT2D eigenvalue weighted by molar-refractivity contribution is 7.71. The Morgan fingerprint density at radius 3 is 3.00 bits per heavy atom. The van der Waals surface area contributed by atoms with E-state index in [0.29, 0.717) is 35.2 Å². The van der Waals surface area contributed by atoms with Crippen molar-refractivity contribution in [3.05, 3.63) is 28.8 Å². The SMILES string of the molecule is NC(=O)CCCn1c(=S)[nH]c2c(F)cccc21. The van der Waals surface area contributed by atoms with Crippen LogP contribution in [-0.4, -0.2) is 15.5 Å². The smallest absolute Gasteiger partial charge is 0.217 e. The van der Waals surface area contributed by atoms with Crippen LogP contribution >= 0.6 is 12.2 Å². The molecule has 0 unspecified atom stereocenters. The van der Waals surface area contributed by atoms with Crippen molar-refractivity contribution in [1.29, 1.82) is 0 Å². The molecule has 0 bridgehead atoms. The van der Waals surface area contributed by atoms with Crippen LogP contribution in [0, 0.1) is 10.6 Å². The van der Waals surface area contributed by atoms with Gasteiger partial charge in [0, 0.05) is 13.0 Å². The molecule has 0 spiro atoms. The fraction of sp³-hybridized carbons (Fsp3) is 0.273. The second kappa shape index (κ2) is 4.67. The van der Waals surface area contributed by atoms with Crippen LogP contribution in [0.15, 0.2) is 18.2 Å². The Hall–Kier alpha value is -1.69. The van der Waals surface area contributed by atoms with Crippen molar-refractivity contribution in [3.63, 3.8) is 0 Å². The van der Waals surface area contributed by atoms with E-state index in [2.05, 4.69) is 4.98 Å². The lowest BCUT2D eigenvalue weighted by molar-refractivity contribution is -0.118. The van der Waals surface area contributed by atoms with Crippen LogP contribution in [0.3, 0.4) is 0 Å². The van der Waals surface area contributed by atoms with Gasteiger partial charge in [-0.25, -0.2) is 4.39 Å². The van der Waals surface area contributed by atoms with Crippen LogP contribution < -0.4 is 5.73 Å². The Balaban J connectivity index is 2.34. The van der Waals surface area contributed by atoms with Gasteiger partial charge in [-0.3, -0.25) is 4.79 Å². The van der Waals surface area contributed by atoms with Gasteiger partial charge in [0.1, 0.15) is 11.3 Å². The molecule has 4 nitrogen and oxygen atoms in total. The monoisotopic (exact) mass is 253 g/mol. The second-order valence-corrected chi connectivity index (χ2v) is 4.17. The summed E-state index contributed by atoms with van der Waals surface area (Å²) in [5.41, 5.74) is 6.17. The third-order valence-electron chi connectivity index (χ3n) is 2.56. The summed E-state index contributed by atoms with van der Waals surface area (Å²) >= 11 is 5.12. The molecule has 1 amide bonds. The average molecular weight is 253 g/mol. The van der Waals surface area contributed by atoms with Crippen LogP contribution in [0.5, 0.6) is 0 Å². The van der Waals surface area contributed by atoms with E-state index in [0.717, 1.165) is 0 Å². The van der Waals surface area contributed by atoms with E-state index in [1.165, 1.54) is 6.07 Å². The van der Waals surface area contributed by atoms with E-state index in [-0.39, 0.29) is 11.7 Å². The highest BCUT2D eigenvalue weighted by atomic mass is 32.1. The molecule has 3 N–H and O–H groups in total. The molecule has 1 aromatic carbocycles. The van der Waals surface area contributed by atoms with Crippen LogP contribution in [0.25, 0.3) is 11.0 Å². The maximum Gasteiger partial charge on any atom is 0.217 e. The van der Waals surface area contributed by atoms with Gasteiger partial charge in [-0.2, -0.15) is 0 Å². The summed E-state index contributed by atoms with van der Waals surface area (Å²) in [6.07, 6.45) is 0.886. The number of amides is 1. The minimum absolute atomic E-state index is 0.295. The van der Waals surface area contributed by atoms with Crippen molar-refractivity contribution >= 4 is 29.2 Å². The number of aryl methyl sites for hydroxylation is 1. The Bertz CT molecular complexity index is 617. The van der Waals surface area contributed by atoms with Crippen molar-refractivity contribution in [2.75, 3.05) is 0 Å². The van der Waals surface area contributed by atoms with Crippen molar-refractivity contribution in [2.45, 2.75) is 19.4 Å². The van der Waals surface area contributed by atoms with E-state index >= 15 is 0 Å². The number of nitrogens with two attached hydrogens (primary N) is 1. The lowest BCUT2D eigenvalue weighted by atomic mass is 10.2. The zero-order chi connectivity index (χ0) is 12.4. The summed E-state index contributed by atoms with van der Waals surface area (Å²) < 4.78 is 15.7. The molecule has 0 radical (unpaired) electrons. The lowest BCUT2D eigenvalue weighted by Gasteiger charge is -2.02. The van der Waals surface area contributed by atoms with Gasteiger partial charge >= 0.3 is 0 Å². The number of benzene rings is 1. The summed E-state index contributed by atoms with van der Waals surface area (Å²) in [7, 11) is 0. The summed E-state index contributed by atoms with van der Waals surface area (Å²) in [6.45, 7) is 0.547. The first-order valence-corrected chi connectivity index (χ1v) is 5.66. The van der Waals surface area contributed by atoms with E-state index in [1.54, 1.807) is 16.7 Å². The molecule has 90 valence electrons. The molecule has 0 fully saturated rings. The number of carbonyl (C=O) groups excluding carboxylic acids is 1. The molecular weight excluding hydrogens is 241 g/mol. The normalized spacial score (nSPS) is 10.9. The van der Waals surface area contributed by atoms with Crippen molar-refractivity contribution in [1.82, 2.24) is 9.55 Å². The average Bonchev–Trinajstić information content (AvgIpc) is 2.57. The highest BCUT2D eigenvalue weighted by Gasteiger charge is 2.07. The molecule has 0 aliphatic heterocycles. The number of H-pyrrole nitrogens is 1. The van der Waals surface area contributed by atoms with E-state index in [1.807, 2.05) is 0 Å². The molecule has 2 rings (SSSR count). The molecule has 0 aliphatic carbocycles. The van der Waals surface area contributed by atoms with E-state index < -0.39 is 0 Å². The first kappa shape index (κ1) is 11.8. The molecule has 0 saturated carbocycles. The molecule has 0 saturated heterocycles. The highest BCUT2D eigenvalue weighted by Crippen LogP contribution is 2.17.